The van der Waals surface area contributed by atoms with Gasteiger partial charge in [0.15, 0.2) is 5.69 Å². The summed E-state index contributed by atoms with van der Waals surface area (Å²) in [5.74, 6) is -1.01. The molecule has 0 saturated heterocycles. The molecule has 0 amide bonds. The number of nitrogen functional groups attached to an aromatic ring is 1. The highest BCUT2D eigenvalue weighted by molar-refractivity contribution is 7.13. The van der Waals surface area contributed by atoms with Crippen LogP contribution >= 0.6 is 11.3 Å². The molecular formula is C15H15N3O2S. The van der Waals surface area contributed by atoms with Crippen LogP contribution in [0.3, 0.4) is 0 Å². The molecule has 0 aliphatic heterocycles. The van der Waals surface area contributed by atoms with Crippen molar-refractivity contribution in [3.8, 4) is 10.6 Å². The Balaban J connectivity index is 2.12. The summed E-state index contributed by atoms with van der Waals surface area (Å²) < 4.78 is 2.12. The number of hydrogen-bond acceptors (Lipinski definition) is 4. The van der Waals surface area contributed by atoms with Crippen LogP contribution in [0, 0.1) is 0 Å². The summed E-state index contributed by atoms with van der Waals surface area (Å²) in [5.41, 5.74) is 8.83. The van der Waals surface area contributed by atoms with E-state index in [4.69, 9.17) is 10.8 Å². The molecule has 2 heterocycles. The lowest BCUT2D eigenvalue weighted by atomic mass is 10.1. The highest BCUT2D eigenvalue weighted by Gasteiger charge is 2.13. The van der Waals surface area contributed by atoms with E-state index in [-0.39, 0.29) is 5.69 Å². The van der Waals surface area contributed by atoms with Crippen molar-refractivity contribution in [1.82, 2.24) is 9.55 Å². The van der Waals surface area contributed by atoms with E-state index in [0.29, 0.717) is 11.0 Å². The molecule has 3 rings (SSSR count). The maximum atomic E-state index is 10.9. The Morgan fingerprint density at radius 3 is 2.81 bits per heavy atom. The lowest BCUT2D eigenvalue weighted by Crippen LogP contribution is -1.98. The summed E-state index contributed by atoms with van der Waals surface area (Å²) >= 11 is 1.32. The minimum atomic E-state index is -1.01. The van der Waals surface area contributed by atoms with Crippen molar-refractivity contribution in [3.05, 3.63) is 35.5 Å². The van der Waals surface area contributed by atoms with E-state index in [1.165, 1.54) is 11.3 Å². The number of rotatable bonds is 3. The second-order valence-corrected chi connectivity index (χ2v) is 6.02. The lowest BCUT2D eigenvalue weighted by molar-refractivity contribution is 0.0691. The molecule has 0 bridgehead atoms. The van der Waals surface area contributed by atoms with Gasteiger partial charge in [-0.25, -0.2) is 9.78 Å². The zero-order valence-electron chi connectivity index (χ0n) is 11.7. The molecule has 0 saturated carbocycles. The first-order valence-corrected chi connectivity index (χ1v) is 7.44. The van der Waals surface area contributed by atoms with Crippen molar-refractivity contribution in [2.45, 2.75) is 19.9 Å². The van der Waals surface area contributed by atoms with Gasteiger partial charge in [-0.15, -0.1) is 11.3 Å². The van der Waals surface area contributed by atoms with E-state index in [0.717, 1.165) is 22.2 Å². The molecule has 2 aromatic heterocycles. The van der Waals surface area contributed by atoms with Crippen LogP contribution in [-0.2, 0) is 0 Å². The van der Waals surface area contributed by atoms with Crippen molar-refractivity contribution in [3.63, 3.8) is 0 Å². The molecule has 3 aromatic rings. The third-order valence-corrected chi connectivity index (χ3v) is 4.28. The summed E-state index contributed by atoms with van der Waals surface area (Å²) in [6.07, 6.45) is 1.93. The van der Waals surface area contributed by atoms with Gasteiger partial charge in [0.2, 0.25) is 0 Å². The number of hydrogen-bond donors (Lipinski definition) is 2. The van der Waals surface area contributed by atoms with Gasteiger partial charge in [0.25, 0.3) is 0 Å². The van der Waals surface area contributed by atoms with Crippen molar-refractivity contribution < 1.29 is 9.90 Å². The van der Waals surface area contributed by atoms with Gasteiger partial charge in [-0.1, -0.05) is 0 Å². The van der Waals surface area contributed by atoms with Gasteiger partial charge < -0.3 is 15.4 Å². The second-order valence-electron chi connectivity index (χ2n) is 5.16. The number of nitrogens with zero attached hydrogens (tertiary/aromatic N) is 2. The van der Waals surface area contributed by atoms with Crippen LogP contribution in [0.15, 0.2) is 29.8 Å². The molecule has 6 heteroatoms. The highest BCUT2D eigenvalue weighted by Crippen LogP contribution is 2.32. The normalized spacial score (nSPS) is 11.4. The summed E-state index contributed by atoms with van der Waals surface area (Å²) in [7, 11) is 0. The Morgan fingerprint density at radius 1 is 1.43 bits per heavy atom. The monoisotopic (exact) mass is 301 g/mol. The lowest BCUT2D eigenvalue weighted by Gasteiger charge is -2.08. The summed E-state index contributed by atoms with van der Waals surface area (Å²) in [6, 6.07) is 6.25. The van der Waals surface area contributed by atoms with Gasteiger partial charge in [0.1, 0.15) is 5.01 Å². The molecule has 0 radical (unpaired) electrons. The van der Waals surface area contributed by atoms with E-state index < -0.39 is 5.97 Å². The van der Waals surface area contributed by atoms with Gasteiger partial charge in [0, 0.05) is 28.6 Å². The van der Waals surface area contributed by atoms with Crippen molar-refractivity contribution >= 4 is 33.9 Å². The number of aromatic nitrogens is 2. The number of nitrogens with two attached hydrogens (primary N) is 1. The molecule has 5 nitrogen and oxygen atoms in total. The van der Waals surface area contributed by atoms with E-state index in [1.54, 1.807) is 5.38 Å². The smallest absolute Gasteiger partial charge is 0.355 e. The molecule has 0 aliphatic carbocycles. The van der Waals surface area contributed by atoms with Gasteiger partial charge in [0.05, 0.1) is 11.2 Å². The summed E-state index contributed by atoms with van der Waals surface area (Å²) in [6.45, 7) is 4.21. The number of carbonyl (C=O) groups is 1. The molecular weight excluding hydrogens is 286 g/mol. The van der Waals surface area contributed by atoms with Gasteiger partial charge in [-0.3, -0.25) is 0 Å². The van der Waals surface area contributed by atoms with Gasteiger partial charge >= 0.3 is 5.97 Å². The maximum Gasteiger partial charge on any atom is 0.355 e. The van der Waals surface area contributed by atoms with Crippen LogP contribution in [0.1, 0.15) is 30.4 Å². The topological polar surface area (TPSA) is 81.1 Å². The number of fused-ring (bicyclic) bond motifs is 1. The third-order valence-electron chi connectivity index (χ3n) is 3.39. The molecule has 0 aliphatic rings. The zero-order chi connectivity index (χ0) is 15.1. The molecule has 0 fully saturated rings. The third kappa shape index (κ3) is 2.27. The van der Waals surface area contributed by atoms with E-state index >= 15 is 0 Å². The Kier molecular flexibility index (Phi) is 3.17. The number of carboxylic acid groups (broad SMARTS) is 1. The molecule has 1 aromatic carbocycles. The van der Waals surface area contributed by atoms with Crippen LogP contribution in [0.2, 0.25) is 0 Å². The maximum absolute atomic E-state index is 10.9. The SMILES string of the molecule is CC(C)n1cc(N)c2cc(-c3nc(C(=O)O)cs3)ccc21. The van der Waals surface area contributed by atoms with Crippen LogP contribution in [-0.4, -0.2) is 20.6 Å². The Morgan fingerprint density at radius 2 is 2.19 bits per heavy atom. The summed E-state index contributed by atoms with van der Waals surface area (Å²) in [4.78, 5) is 15.0. The van der Waals surface area contributed by atoms with E-state index in [1.807, 2.05) is 24.4 Å². The number of aromatic carboxylic acids is 1. The first-order valence-electron chi connectivity index (χ1n) is 6.56. The number of anilines is 1. The minimum Gasteiger partial charge on any atom is -0.476 e. The second kappa shape index (κ2) is 4.89. The van der Waals surface area contributed by atoms with Crippen LogP contribution in [0.5, 0.6) is 0 Å². The molecule has 3 N–H and O–H groups in total. The molecule has 0 unspecified atom stereocenters. The first-order chi connectivity index (χ1) is 9.97. The molecule has 108 valence electrons. The molecule has 0 atom stereocenters. The van der Waals surface area contributed by atoms with Crippen LogP contribution in [0.25, 0.3) is 21.5 Å². The Hall–Kier alpha value is -2.34. The quantitative estimate of drug-likeness (QED) is 0.774. The fraction of sp³-hybridized carbons (Fsp3) is 0.200. The number of thiazole rings is 1. The molecule has 0 spiro atoms. The van der Waals surface area contributed by atoms with Crippen LogP contribution < -0.4 is 5.73 Å². The average molecular weight is 301 g/mol. The average Bonchev–Trinajstić information content (AvgIpc) is 3.04. The predicted octanol–water partition coefficient (Wildman–Crippen LogP) is 3.63. The fourth-order valence-electron chi connectivity index (χ4n) is 2.35. The first kappa shape index (κ1) is 13.6. The van der Waals surface area contributed by atoms with Crippen molar-refractivity contribution in [2.24, 2.45) is 0 Å². The standard InChI is InChI=1S/C15H15N3O2S/c1-8(2)18-6-11(16)10-5-9(3-4-13(10)18)14-17-12(7-21-14)15(19)20/h3-8H,16H2,1-2H3,(H,19,20). The predicted molar refractivity (Wildman–Crippen MR) is 84.8 cm³/mol. The Bertz CT molecular complexity index is 833. The van der Waals surface area contributed by atoms with E-state index in [9.17, 15) is 4.79 Å². The molecule has 21 heavy (non-hydrogen) atoms. The van der Waals surface area contributed by atoms with Crippen molar-refractivity contribution in [1.29, 1.82) is 0 Å². The highest BCUT2D eigenvalue weighted by atomic mass is 32.1. The number of benzene rings is 1. The summed E-state index contributed by atoms with van der Waals surface area (Å²) in [5, 5.41) is 12.1. The van der Waals surface area contributed by atoms with Gasteiger partial charge in [-0.2, -0.15) is 0 Å². The Labute approximate surface area is 125 Å². The largest absolute Gasteiger partial charge is 0.476 e. The van der Waals surface area contributed by atoms with E-state index in [2.05, 4.69) is 23.4 Å². The van der Waals surface area contributed by atoms with Crippen molar-refractivity contribution in [2.75, 3.05) is 5.73 Å². The fourth-order valence-corrected chi connectivity index (χ4v) is 3.14. The zero-order valence-corrected chi connectivity index (χ0v) is 12.5. The minimum absolute atomic E-state index is 0.0721. The van der Waals surface area contributed by atoms with Gasteiger partial charge in [-0.05, 0) is 32.0 Å². The van der Waals surface area contributed by atoms with Crippen LogP contribution in [0.4, 0.5) is 5.69 Å². The number of carboxylic acids is 1.